The van der Waals surface area contributed by atoms with E-state index < -0.39 is 17.5 Å². The molecule has 1 aliphatic heterocycles. The Hall–Kier alpha value is -3.29. The second kappa shape index (κ2) is 7.14. The standard InChI is InChI=1S/C19H21N3O5/c1-19(15-9-6-10-27-15)17(24)22(18(25)20-19)12-16(23)21(2)11-13-7-4-5-8-14(13)26-3/h4-10H,11-12H2,1-3H3,(H,20,25)/t19-/m0/s1. The van der Waals surface area contributed by atoms with Crippen molar-refractivity contribution in [2.75, 3.05) is 20.7 Å². The molecule has 2 heterocycles. The maximum Gasteiger partial charge on any atom is 0.325 e. The molecule has 8 heteroatoms. The Bertz CT molecular complexity index is 864. The first-order valence-corrected chi connectivity index (χ1v) is 8.40. The number of amides is 4. The third kappa shape index (κ3) is 3.38. The summed E-state index contributed by atoms with van der Waals surface area (Å²) in [5.74, 6) is 0.0882. The summed E-state index contributed by atoms with van der Waals surface area (Å²) >= 11 is 0. The van der Waals surface area contributed by atoms with Crippen LogP contribution < -0.4 is 10.1 Å². The van der Waals surface area contributed by atoms with E-state index in [1.54, 1.807) is 39.3 Å². The molecule has 27 heavy (non-hydrogen) atoms. The largest absolute Gasteiger partial charge is 0.496 e. The second-order valence-corrected chi connectivity index (χ2v) is 6.49. The lowest BCUT2D eigenvalue weighted by molar-refractivity contribution is -0.138. The van der Waals surface area contributed by atoms with Crippen molar-refractivity contribution >= 4 is 17.8 Å². The molecule has 1 aromatic heterocycles. The molecule has 0 spiro atoms. The van der Waals surface area contributed by atoms with Gasteiger partial charge >= 0.3 is 6.03 Å². The van der Waals surface area contributed by atoms with Crippen LogP contribution in [0.5, 0.6) is 5.75 Å². The Morgan fingerprint density at radius 3 is 2.67 bits per heavy atom. The van der Waals surface area contributed by atoms with Crippen molar-refractivity contribution in [3.8, 4) is 5.75 Å². The summed E-state index contributed by atoms with van der Waals surface area (Å²) in [4.78, 5) is 39.9. The third-order valence-electron chi connectivity index (χ3n) is 4.61. The van der Waals surface area contributed by atoms with Gasteiger partial charge in [-0.15, -0.1) is 0 Å². The number of para-hydroxylation sites is 1. The van der Waals surface area contributed by atoms with Crippen LogP contribution in [-0.4, -0.2) is 48.3 Å². The zero-order valence-electron chi connectivity index (χ0n) is 15.4. The molecule has 2 aromatic rings. The molecule has 1 aromatic carbocycles. The van der Waals surface area contributed by atoms with Gasteiger partial charge in [0.25, 0.3) is 5.91 Å². The summed E-state index contributed by atoms with van der Waals surface area (Å²) in [5.41, 5.74) is -0.490. The normalized spacial score (nSPS) is 19.1. The molecule has 1 fully saturated rings. The van der Waals surface area contributed by atoms with E-state index in [-0.39, 0.29) is 12.5 Å². The summed E-state index contributed by atoms with van der Waals surface area (Å²) < 4.78 is 10.6. The predicted octanol–water partition coefficient (Wildman–Crippen LogP) is 1.71. The van der Waals surface area contributed by atoms with Gasteiger partial charge in [0.2, 0.25) is 5.91 Å². The fourth-order valence-electron chi connectivity index (χ4n) is 3.00. The molecule has 142 valence electrons. The molecule has 0 aliphatic carbocycles. The van der Waals surface area contributed by atoms with Crippen LogP contribution in [0.1, 0.15) is 18.2 Å². The molecule has 1 saturated heterocycles. The minimum absolute atomic E-state index is 0.294. The number of urea groups is 1. The Kier molecular flexibility index (Phi) is 4.89. The lowest BCUT2D eigenvalue weighted by Gasteiger charge is -2.22. The smallest absolute Gasteiger partial charge is 0.325 e. The summed E-state index contributed by atoms with van der Waals surface area (Å²) in [6.07, 6.45) is 1.43. The third-order valence-corrected chi connectivity index (χ3v) is 4.61. The van der Waals surface area contributed by atoms with E-state index in [1.807, 2.05) is 18.2 Å². The van der Waals surface area contributed by atoms with Crippen LogP contribution in [0.25, 0.3) is 0 Å². The van der Waals surface area contributed by atoms with Gasteiger partial charge in [0, 0.05) is 19.2 Å². The number of nitrogens with one attached hydrogen (secondary N) is 1. The number of carbonyl (C=O) groups is 3. The molecule has 3 rings (SSSR count). The summed E-state index contributed by atoms with van der Waals surface area (Å²) in [6, 6.07) is 9.96. The Balaban J connectivity index is 1.70. The first kappa shape index (κ1) is 18.5. The molecular formula is C19H21N3O5. The molecule has 0 saturated carbocycles. The number of imide groups is 1. The van der Waals surface area contributed by atoms with Crippen molar-refractivity contribution in [1.29, 1.82) is 0 Å². The maximum absolute atomic E-state index is 12.7. The summed E-state index contributed by atoms with van der Waals surface area (Å²) in [5, 5.41) is 2.60. The first-order chi connectivity index (χ1) is 12.9. The van der Waals surface area contributed by atoms with Crippen molar-refractivity contribution in [3.63, 3.8) is 0 Å². The van der Waals surface area contributed by atoms with Gasteiger partial charge < -0.3 is 19.4 Å². The minimum atomic E-state index is -1.32. The van der Waals surface area contributed by atoms with E-state index in [1.165, 1.54) is 11.2 Å². The van der Waals surface area contributed by atoms with Gasteiger partial charge in [0.1, 0.15) is 18.1 Å². The number of nitrogens with zero attached hydrogens (tertiary/aromatic N) is 2. The van der Waals surface area contributed by atoms with Crippen molar-refractivity contribution in [2.45, 2.75) is 19.0 Å². The number of carbonyl (C=O) groups excluding carboxylic acids is 3. The van der Waals surface area contributed by atoms with Crippen LogP contribution >= 0.6 is 0 Å². The summed E-state index contributed by atoms with van der Waals surface area (Å²) in [6.45, 7) is 1.49. The van der Waals surface area contributed by atoms with Gasteiger partial charge in [-0.3, -0.25) is 14.5 Å². The Labute approximate surface area is 156 Å². The van der Waals surface area contributed by atoms with Gasteiger partial charge in [0.15, 0.2) is 5.54 Å². The molecular weight excluding hydrogens is 350 g/mol. The quantitative estimate of drug-likeness (QED) is 0.781. The zero-order chi connectivity index (χ0) is 19.6. The first-order valence-electron chi connectivity index (χ1n) is 8.40. The minimum Gasteiger partial charge on any atom is -0.496 e. The fourth-order valence-corrected chi connectivity index (χ4v) is 3.00. The number of rotatable bonds is 6. The SMILES string of the molecule is COc1ccccc1CN(C)C(=O)CN1C(=O)N[C@@](C)(c2ccco2)C1=O. The van der Waals surface area contributed by atoms with Crippen LogP contribution in [0.4, 0.5) is 4.79 Å². The van der Waals surface area contributed by atoms with E-state index in [4.69, 9.17) is 9.15 Å². The number of benzene rings is 1. The number of methoxy groups -OCH3 is 1. The van der Waals surface area contributed by atoms with E-state index in [0.29, 0.717) is 18.1 Å². The molecule has 1 aliphatic rings. The molecule has 4 amide bonds. The van der Waals surface area contributed by atoms with Crippen LogP contribution in [0.2, 0.25) is 0 Å². The van der Waals surface area contributed by atoms with Crippen LogP contribution in [0.3, 0.4) is 0 Å². The number of ether oxygens (including phenoxy) is 1. The van der Waals surface area contributed by atoms with Gasteiger partial charge in [-0.1, -0.05) is 18.2 Å². The zero-order valence-corrected chi connectivity index (χ0v) is 15.4. The number of hydrogen-bond donors (Lipinski definition) is 1. The Morgan fingerprint density at radius 2 is 2.00 bits per heavy atom. The van der Waals surface area contributed by atoms with Crippen LogP contribution in [0, 0.1) is 0 Å². The molecule has 1 N–H and O–H groups in total. The summed E-state index contributed by atoms with van der Waals surface area (Å²) in [7, 11) is 3.17. The van der Waals surface area contributed by atoms with Gasteiger partial charge in [-0.25, -0.2) is 4.79 Å². The van der Waals surface area contributed by atoms with E-state index in [9.17, 15) is 14.4 Å². The van der Waals surface area contributed by atoms with Gasteiger partial charge in [-0.2, -0.15) is 0 Å². The van der Waals surface area contributed by atoms with Crippen LogP contribution in [-0.2, 0) is 21.7 Å². The van der Waals surface area contributed by atoms with Crippen molar-refractivity contribution in [3.05, 3.63) is 54.0 Å². The van der Waals surface area contributed by atoms with Crippen molar-refractivity contribution in [2.24, 2.45) is 0 Å². The second-order valence-electron chi connectivity index (χ2n) is 6.49. The van der Waals surface area contributed by atoms with E-state index >= 15 is 0 Å². The van der Waals surface area contributed by atoms with Gasteiger partial charge in [-0.05, 0) is 25.1 Å². The lowest BCUT2D eigenvalue weighted by Crippen LogP contribution is -2.43. The van der Waals surface area contributed by atoms with Gasteiger partial charge in [0.05, 0.1) is 13.4 Å². The van der Waals surface area contributed by atoms with E-state index in [2.05, 4.69) is 5.32 Å². The van der Waals surface area contributed by atoms with Crippen molar-refractivity contribution < 1.29 is 23.5 Å². The highest BCUT2D eigenvalue weighted by Gasteiger charge is 2.51. The topological polar surface area (TPSA) is 92.1 Å². The highest BCUT2D eigenvalue weighted by Crippen LogP contribution is 2.29. The monoisotopic (exact) mass is 371 g/mol. The maximum atomic E-state index is 12.7. The highest BCUT2D eigenvalue weighted by atomic mass is 16.5. The molecule has 1 atom stereocenters. The Morgan fingerprint density at radius 1 is 1.26 bits per heavy atom. The highest BCUT2D eigenvalue weighted by molar-refractivity contribution is 6.08. The number of likely N-dealkylation sites (N-methyl/N-ethyl adjacent to an activating group) is 1. The predicted molar refractivity (Wildman–Crippen MR) is 95.8 cm³/mol. The molecule has 0 unspecified atom stereocenters. The molecule has 0 bridgehead atoms. The molecule has 8 nitrogen and oxygen atoms in total. The fraction of sp³-hybridized carbons (Fsp3) is 0.316. The lowest BCUT2D eigenvalue weighted by atomic mass is 9.99. The molecule has 0 radical (unpaired) electrons. The van der Waals surface area contributed by atoms with Crippen LogP contribution in [0.15, 0.2) is 47.1 Å². The average Bonchev–Trinajstić information content (AvgIpc) is 3.26. The van der Waals surface area contributed by atoms with E-state index in [0.717, 1.165) is 10.5 Å². The van der Waals surface area contributed by atoms with Crippen molar-refractivity contribution in [1.82, 2.24) is 15.1 Å². The number of hydrogen-bond acceptors (Lipinski definition) is 5. The number of furan rings is 1. The average molecular weight is 371 g/mol.